The van der Waals surface area contributed by atoms with E-state index in [2.05, 4.69) is 0 Å². The lowest BCUT2D eigenvalue weighted by atomic mass is 9.92. The first kappa shape index (κ1) is 13.5. The van der Waals surface area contributed by atoms with Gasteiger partial charge in [-0.05, 0) is 42.2 Å². The van der Waals surface area contributed by atoms with E-state index in [0.29, 0.717) is 6.42 Å². The summed E-state index contributed by atoms with van der Waals surface area (Å²) in [6, 6.07) is 1.88. The van der Waals surface area contributed by atoms with Crippen LogP contribution in [0.15, 0.2) is 16.8 Å². The van der Waals surface area contributed by atoms with Crippen molar-refractivity contribution in [1.82, 2.24) is 0 Å². The Morgan fingerprint density at radius 3 is 2.50 bits per heavy atom. The van der Waals surface area contributed by atoms with Crippen LogP contribution >= 0.6 is 11.3 Å². The summed E-state index contributed by atoms with van der Waals surface area (Å²) in [7, 11) is 0. The lowest BCUT2D eigenvalue weighted by molar-refractivity contribution is -0.137. The van der Waals surface area contributed by atoms with Crippen molar-refractivity contribution in [3.05, 3.63) is 22.4 Å². The highest BCUT2D eigenvalue weighted by Crippen LogP contribution is 2.26. The molecular weight excluding hydrogens is 237 g/mol. The number of aliphatic hydroxyl groups is 1. The van der Waals surface area contributed by atoms with E-state index in [9.17, 15) is 18.3 Å². The molecule has 1 N–H and O–H groups in total. The van der Waals surface area contributed by atoms with Crippen LogP contribution in [-0.2, 0) is 6.42 Å². The van der Waals surface area contributed by atoms with E-state index in [1.165, 1.54) is 11.3 Å². The maximum absolute atomic E-state index is 11.9. The molecular formula is C11H15F3OS. The van der Waals surface area contributed by atoms with Gasteiger partial charge in [0.05, 0.1) is 5.60 Å². The van der Waals surface area contributed by atoms with Crippen LogP contribution < -0.4 is 0 Å². The van der Waals surface area contributed by atoms with Gasteiger partial charge in [-0.2, -0.15) is 24.5 Å². The van der Waals surface area contributed by atoms with Crippen LogP contribution in [0.3, 0.4) is 0 Å². The fraction of sp³-hybridized carbons (Fsp3) is 0.636. The molecule has 0 aromatic carbocycles. The van der Waals surface area contributed by atoms with Gasteiger partial charge < -0.3 is 5.11 Å². The normalized spacial score (nSPS) is 16.1. The third-order valence-electron chi connectivity index (χ3n) is 2.34. The lowest BCUT2D eigenvalue weighted by Crippen LogP contribution is -2.27. The minimum Gasteiger partial charge on any atom is -0.390 e. The smallest absolute Gasteiger partial charge is 0.389 e. The predicted octanol–water partition coefficient (Wildman–Crippen LogP) is 3.77. The first-order chi connectivity index (χ1) is 7.29. The highest BCUT2D eigenvalue weighted by atomic mass is 32.1. The summed E-state index contributed by atoms with van der Waals surface area (Å²) in [6.45, 7) is 1.58. The zero-order valence-electron chi connectivity index (χ0n) is 9.05. The molecule has 0 saturated carbocycles. The summed E-state index contributed by atoms with van der Waals surface area (Å²) >= 11 is 1.52. The quantitative estimate of drug-likeness (QED) is 0.845. The minimum absolute atomic E-state index is 0.0271. The Morgan fingerprint density at radius 1 is 1.31 bits per heavy atom. The van der Waals surface area contributed by atoms with Gasteiger partial charge in [-0.25, -0.2) is 0 Å². The fourth-order valence-corrected chi connectivity index (χ4v) is 2.26. The molecule has 0 aliphatic rings. The average Bonchev–Trinajstić information content (AvgIpc) is 2.52. The van der Waals surface area contributed by atoms with E-state index in [-0.39, 0.29) is 12.8 Å². The number of halogens is 3. The summed E-state index contributed by atoms with van der Waals surface area (Å²) in [6.07, 6.45) is -4.40. The second-order valence-corrected chi connectivity index (χ2v) is 5.05. The molecule has 16 heavy (non-hydrogen) atoms. The Bertz CT molecular complexity index is 304. The van der Waals surface area contributed by atoms with Crippen LogP contribution in [0.4, 0.5) is 13.2 Å². The van der Waals surface area contributed by atoms with Crippen LogP contribution in [0.5, 0.6) is 0 Å². The lowest BCUT2D eigenvalue weighted by Gasteiger charge is -2.23. The van der Waals surface area contributed by atoms with Gasteiger partial charge in [0.2, 0.25) is 0 Å². The van der Waals surface area contributed by atoms with Gasteiger partial charge in [0, 0.05) is 12.8 Å². The Hall–Kier alpha value is -0.550. The summed E-state index contributed by atoms with van der Waals surface area (Å²) < 4.78 is 35.8. The number of hydrogen-bond acceptors (Lipinski definition) is 2. The highest BCUT2D eigenvalue weighted by Gasteiger charge is 2.29. The molecule has 1 nitrogen and oxygen atoms in total. The molecule has 1 heterocycles. The molecule has 0 aliphatic heterocycles. The van der Waals surface area contributed by atoms with Crippen molar-refractivity contribution in [3.63, 3.8) is 0 Å². The van der Waals surface area contributed by atoms with Crippen molar-refractivity contribution >= 4 is 11.3 Å². The van der Waals surface area contributed by atoms with Crippen molar-refractivity contribution in [2.75, 3.05) is 0 Å². The van der Waals surface area contributed by atoms with Crippen LogP contribution in [0.1, 0.15) is 31.7 Å². The van der Waals surface area contributed by atoms with Gasteiger partial charge in [0.1, 0.15) is 0 Å². The third-order valence-corrected chi connectivity index (χ3v) is 3.07. The number of hydrogen-bond donors (Lipinski definition) is 1. The fourth-order valence-electron chi connectivity index (χ4n) is 1.59. The average molecular weight is 252 g/mol. The molecule has 1 aromatic heterocycles. The maximum atomic E-state index is 11.9. The van der Waals surface area contributed by atoms with Gasteiger partial charge in [-0.15, -0.1) is 0 Å². The Balaban J connectivity index is 2.34. The van der Waals surface area contributed by atoms with E-state index in [4.69, 9.17) is 0 Å². The van der Waals surface area contributed by atoms with Gasteiger partial charge in [-0.1, -0.05) is 0 Å². The zero-order valence-corrected chi connectivity index (χ0v) is 9.87. The van der Waals surface area contributed by atoms with E-state index in [0.717, 1.165) is 5.56 Å². The molecule has 0 radical (unpaired) electrons. The number of alkyl halides is 3. The van der Waals surface area contributed by atoms with E-state index >= 15 is 0 Å². The molecule has 0 bridgehead atoms. The maximum Gasteiger partial charge on any atom is 0.389 e. The van der Waals surface area contributed by atoms with E-state index in [1.807, 2.05) is 16.8 Å². The molecule has 92 valence electrons. The molecule has 1 unspecified atom stereocenters. The largest absolute Gasteiger partial charge is 0.390 e. The van der Waals surface area contributed by atoms with Crippen LogP contribution in [0.25, 0.3) is 0 Å². The van der Waals surface area contributed by atoms with Crippen molar-refractivity contribution in [2.24, 2.45) is 0 Å². The first-order valence-corrected chi connectivity index (χ1v) is 6.03. The second kappa shape index (κ2) is 5.19. The van der Waals surface area contributed by atoms with Crippen molar-refractivity contribution < 1.29 is 18.3 Å². The molecule has 0 saturated heterocycles. The number of rotatable bonds is 5. The molecule has 1 rings (SSSR count). The van der Waals surface area contributed by atoms with Gasteiger partial charge in [-0.3, -0.25) is 0 Å². The van der Waals surface area contributed by atoms with Crippen molar-refractivity contribution in [3.8, 4) is 0 Å². The van der Waals surface area contributed by atoms with Crippen molar-refractivity contribution in [2.45, 2.75) is 44.4 Å². The standard InChI is InChI=1S/C11H15F3OS/c1-10(15,4-2-5-11(12,13)14)7-9-3-6-16-8-9/h3,6,8,15H,2,4-5,7H2,1H3. The first-order valence-electron chi connectivity index (χ1n) is 5.09. The minimum atomic E-state index is -4.13. The SMILES string of the molecule is CC(O)(CCCC(F)(F)F)Cc1ccsc1. The summed E-state index contributed by atoms with van der Waals surface area (Å²) in [5.74, 6) is 0. The zero-order chi connectivity index (χ0) is 12.2. The van der Waals surface area contributed by atoms with Crippen molar-refractivity contribution in [1.29, 1.82) is 0 Å². The monoisotopic (exact) mass is 252 g/mol. The second-order valence-electron chi connectivity index (χ2n) is 4.27. The molecule has 1 aromatic rings. The molecule has 0 spiro atoms. The van der Waals surface area contributed by atoms with Crippen LogP contribution in [0, 0.1) is 0 Å². The third kappa shape index (κ3) is 5.51. The Kier molecular flexibility index (Phi) is 4.38. The Labute approximate surface area is 96.9 Å². The van der Waals surface area contributed by atoms with Gasteiger partial charge >= 0.3 is 6.18 Å². The van der Waals surface area contributed by atoms with Gasteiger partial charge in [0.15, 0.2) is 0 Å². The van der Waals surface area contributed by atoms with Crippen LogP contribution in [0.2, 0.25) is 0 Å². The van der Waals surface area contributed by atoms with E-state index in [1.54, 1.807) is 6.92 Å². The highest BCUT2D eigenvalue weighted by molar-refractivity contribution is 7.07. The molecule has 0 aliphatic carbocycles. The molecule has 5 heteroatoms. The van der Waals surface area contributed by atoms with E-state index < -0.39 is 18.2 Å². The van der Waals surface area contributed by atoms with Crippen LogP contribution in [-0.4, -0.2) is 16.9 Å². The molecule has 0 amide bonds. The topological polar surface area (TPSA) is 20.2 Å². The summed E-state index contributed by atoms with van der Waals surface area (Å²) in [5, 5.41) is 13.7. The summed E-state index contributed by atoms with van der Waals surface area (Å²) in [5.41, 5.74) is -0.0752. The van der Waals surface area contributed by atoms with Gasteiger partial charge in [0.25, 0.3) is 0 Å². The predicted molar refractivity (Wildman–Crippen MR) is 58.6 cm³/mol. The molecule has 1 atom stereocenters. The Morgan fingerprint density at radius 2 is 2.00 bits per heavy atom. The molecule has 0 fully saturated rings. The summed E-state index contributed by atoms with van der Waals surface area (Å²) in [4.78, 5) is 0. The number of thiophene rings is 1.